The van der Waals surface area contributed by atoms with Crippen molar-refractivity contribution >= 4 is 83.0 Å². The first kappa shape index (κ1) is 90.2. The molecule has 0 saturated heterocycles. The summed E-state index contributed by atoms with van der Waals surface area (Å²) in [6.07, 6.45) is 22.1. The third-order valence-electron chi connectivity index (χ3n) is 22.5. The second-order valence-electron chi connectivity index (χ2n) is 31.8. The second-order valence-corrected chi connectivity index (χ2v) is 34.5. The van der Waals surface area contributed by atoms with Gasteiger partial charge in [-0.05, 0) is 257 Å². The number of hydrogen-bond acceptors (Lipinski definition) is 17. The number of halogens is 3. The van der Waals surface area contributed by atoms with Crippen LogP contribution in [0.1, 0.15) is 33.4 Å². The molecule has 17 nitrogen and oxygen atoms in total. The molecule has 135 heavy (non-hydrogen) atoms. The Kier molecular flexibility index (Phi) is 27.8. The third-order valence-corrected chi connectivity index (χ3v) is 24.9. The first-order valence-corrected chi connectivity index (χ1v) is 45.7. The number of nitrogens with one attached hydrogen (secondary N) is 4. The molecular formula is C112H86F3N17S3. The first-order chi connectivity index (χ1) is 65.8. The number of thiazole rings is 3. The monoisotopic (exact) mass is 1820 g/mol. The molecule has 13 heterocycles. The Balaban J connectivity index is 0.000000113. The van der Waals surface area contributed by atoms with E-state index in [1.54, 1.807) is 135 Å². The number of rotatable bonds is 14. The van der Waals surface area contributed by atoms with Crippen molar-refractivity contribution in [2.75, 3.05) is 0 Å². The van der Waals surface area contributed by atoms with E-state index >= 15 is 0 Å². The topological polar surface area (TPSA) is 239 Å². The number of aromatic nitrogens is 13. The molecule has 0 atom stereocenters. The smallest absolute Gasteiger partial charge is 0.136 e. The zero-order valence-corrected chi connectivity index (χ0v) is 76.6. The lowest BCUT2D eigenvalue weighted by Crippen LogP contribution is -2.17. The molecule has 9 aromatic carbocycles. The van der Waals surface area contributed by atoms with Crippen molar-refractivity contribution < 1.29 is 13.2 Å². The number of benzene rings is 9. The maximum atomic E-state index is 13.5. The zero-order chi connectivity index (χ0) is 93.4. The molecule has 22 aromatic rings. The van der Waals surface area contributed by atoms with Crippen LogP contribution in [0.15, 0.2) is 376 Å². The predicted molar refractivity (Wildman–Crippen MR) is 543 cm³/mol. The van der Waals surface area contributed by atoms with Crippen molar-refractivity contribution in [3.05, 3.63) is 438 Å². The van der Waals surface area contributed by atoms with Crippen molar-refractivity contribution in [1.29, 1.82) is 21.6 Å². The molecule has 22 rings (SSSR count). The fourth-order valence-electron chi connectivity index (χ4n) is 15.7. The lowest BCUT2D eigenvalue weighted by molar-refractivity contribution is 0.618. The Hall–Kier alpha value is -16.7. The average Bonchev–Trinajstić information content (AvgIpc) is 1.77. The largest absolute Gasteiger partial charge is 0.306 e. The lowest BCUT2D eigenvalue weighted by atomic mass is 9.98. The molecular weight excluding hydrogens is 1740 g/mol. The van der Waals surface area contributed by atoms with E-state index in [0.717, 1.165) is 168 Å². The second kappa shape index (κ2) is 41.6. The van der Waals surface area contributed by atoms with E-state index in [4.69, 9.17) is 21.6 Å². The lowest BCUT2D eigenvalue weighted by Gasteiger charge is -2.11. The molecule has 0 unspecified atom stereocenters. The summed E-state index contributed by atoms with van der Waals surface area (Å²) in [5.74, 6) is -0.646. The predicted octanol–water partition coefficient (Wildman–Crippen LogP) is 27.7. The Morgan fingerprint density at radius 1 is 0.259 bits per heavy atom. The van der Waals surface area contributed by atoms with E-state index in [1.165, 1.54) is 59.0 Å². The van der Waals surface area contributed by atoms with Crippen LogP contribution in [-0.4, -0.2) is 76.1 Å². The van der Waals surface area contributed by atoms with Gasteiger partial charge in [-0.2, -0.15) is 0 Å². The summed E-state index contributed by atoms with van der Waals surface area (Å²) in [4.78, 5) is 44.7. The highest BCUT2D eigenvalue weighted by atomic mass is 32.1. The van der Waals surface area contributed by atoms with Crippen LogP contribution >= 0.6 is 34.0 Å². The molecule has 0 aliphatic heterocycles. The minimum atomic E-state index is -0.244. The Bertz CT molecular complexity index is 7910. The van der Waals surface area contributed by atoms with Gasteiger partial charge >= 0.3 is 0 Å². The molecule has 0 amide bonds. The Morgan fingerprint density at radius 3 is 0.933 bits per heavy atom. The zero-order valence-electron chi connectivity index (χ0n) is 74.1. The van der Waals surface area contributed by atoms with E-state index in [0.29, 0.717) is 16.7 Å². The maximum Gasteiger partial charge on any atom is 0.136 e. The van der Waals surface area contributed by atoms with Gasteiger partial charge in [-0.1, -0.05) is 126 Å². The summed E-state index contributed by atoms with van der Waals surface area (Å²) < 4.78 is 49.1. The summed E-state index contributed by atoms with van der Waals surface area (Å²) in [7, 11) is 0. The van der Waals surface area contributed by atoms with E-state index in [1.807, 2.05) is 155 Å². The van der Waals surface area contributed by atoms with Gasteiger partial charge in [0.15, 0.2) is 0 Å². The van der Waals surface area contributed by atoms with Crippen LogP contribution in [0.5, 0.6) is 0 Å². The molecule has 0 aliphatic carbocycles. The van der Waals surface area contributed by atoms with Gasteiger partial charge in [-0.15, -0.1) is 34.0 Å². The Morgan fingerprint density at radius 2 is 0.570 bits per heavy atom. The Labute approximate surface area is 789 Å². The van der Waals surface area contributed by atoms with Gasteiger partial charge in [-0.3, -0.25) is 60.7 Å². The highest BCUT2D eigenvalue weighted by Crippen LogP contribution is 2.40. The maximum absolute atomic E-state index is 13.5. The standard InChI is InChI=1S/C19H14FN3.C19H13FN2S.2C19H14N2S.C18H15FN4.C18H16N4/c1-13-11-14(4-6-17(13)20)19-16(3-2-8-22-19)15-5-7-18-21-9-10-23(18)12-15;1-12-9-14(4-6-16(12)20)19-15(3-2-8-21-19)13-5-7-18-17(10-13)22-11-23-18;1-13-4-2-5-15(10-13)19-16(6-3-9-20-19)14-7-8-18-17(11-14)21-12-22-18;1-13-4-2-5-15(10-13)19-16(6-3-9-20-19)14-7-8-17-18(11-14)22-12-21-17;1-12-9-13(4-6-16(12)19)18-15(3-2-8-22-18)14-5-7-17(21)23(10-14)11-20;1-13-4-2-5-14(10-13)18-16(6-3-9-21-18)15-7-8-17(20)22(11-15)12-19/h2-12H,1H3;2-11H,1H3;2*2-12H,1H3;2-11,20-21H,1H3;2-12,19-20H,1H3. The molecule has 0 radical (unpaired) electrons. The minimum Gasteiger partial charge on any atom is -0.306 e. The number of aryl methyl sites for hydroxylation is 6. The number of fused-ring (bicyclic) bond motifs is 4. The molecule has 4 N–H and O–H groups in total. The van der Waals surface area contributed by atoms with Crippen molar-refractivity contribution in [2.24, 2.45) is 0 Å². The van der Waals surface area contributed by atoms with Crippen LogP contribution in [0.4, 0.5) is 13.2 Å². The minimum absolute atomic E-state index is 0.199. The van der Waals surface area contributed by atoms with Gasteiger partial charge < -0.3 is 4.40 Å². The van der Waals surface area contributed by atoms with Crippen LogP contribution in [0.3, 0.4) is 0 Å². The summed E-state index contributed by atoms with van der Waals surface area (Å²) >= 11 is 4.96. The molecule has 0 fully saturated rings. The summed E-state index contributed by atoms with van der Waals surface area (Å²) in [6.45, 7) is 11.5. The van der Waals surface area contributed by atoms with Crippen LogP contribution < -0.4 is 11.0 Å². The van der Waals surface area contributed by atoms with Crippen molar-refractivity contribution in [1.82, 2.24) is 63.4 Å². The molecule has 23 heteroatoms. The number of pyridine rings is 9. The van der Waals surface area contributed by atoms with Gasteiger partial charge in [0.05, 0.1) is 94.0 Å². The highest BCUT2D eigenvalue weighted by molar-refractivity contribution is 7.17. The molecule has 0 spiro atoms. The highest BCUT2D eigenvalue weighted by Gasteiger charge is 2.19. The fourth-order valence-corrected chi connectivity index (χ4v) is 17.7. The fraction of sp³-hybridized carbons (Fsp3) is 0.0536. The van der Waals surface area contributed by atoms with Gasteiger partial charge in [0, 0.05) is 152 Å². The van der Waals surface area contributed by atoms with Crippen molar-refractivity contribution in [3.63, 3.8) is 0 Å². The van der Waals surface area contributed by atoms with Crippen molar-refractivity contribution in [3.8, 4) is 134 Å². The summed E-state index contributed by atoms with van der Waals surface area (Å²) in [6, 6.07) is 94.2. The third kappa shape index (κ3) is 21.0. The van der Waals surface area contributed by atoms with Crippen LogP contribution in [0.25, 0.3) is 171 Å². The van der Waals surface area contributed by atoms with Gasteiger partial charge in [0.25, 0.3) is 0 Å². The molecule has 658 valence electrons. The number of nitrogens with zero attached hydrogens (tertiary/aromatic N) is 13. The summed E-state index contributed by atoms with van der Waals surface area (Å²) in [5.41, 5.74) is 39.4. The number of imidazole rings is 1. The van der Waals surface area contributed by atoms with Crippen LogP contribution in [0, 0.1) is 80.6 Å². The van der Waals surface area contributed by atoms with Crippen LogP contribution in [-0.2, 0) is 0 Å². The van der Waals surface area contributed by atoms with E-state index in [9.17, 15) is 13.2 Å². The molecule has 0 saturated carbocycles. The van der Waals surface area contributed by atoms with E-state index in [-0.39, 0.29) is 28.4 Å². The molecule has 0 bridgehead atoms. The first-order valence-electron chi connectivity index (χ1n) is 43.1. The SMILES string of the molecule is Cc1cc(-c2ncccc2-c2ccc(=N)n(C=N)c2)ccc1F.Cc1cc(-c2ncccc2-c2ccc3nccn3c2)ccc1F.Cc1cc(-c2ncccc2-c2ccc3scnc3c2)ccc1F.Cc1cccc(-c2ncccc2-c2ccc(=N)n(C=N)c2)c1.Cc1cccc(-c2ncccc2-c2ccc3ncsc3c2)c1.Cc1cccc(-c2ncccc2-c2ccc3scnc3c2)c1. The quantitative estimate of drug-likeness (QED) is 0.0593. The van der Waals surface area contributed by atoms with E-state index in [2.05, 4.69) is 198 Å². The van der Waals surface area contributed by atoms with Crippen LogP contribution in [0.2, 0.25) is 0 Å². The number of hydrogen-bond donors (Lipinski definition) is 4. The van der Waals surface area contributed by atoms with Gasteiger partial charge in [-0.25, -0.2) is 33.1 Å². The van der Waals surface area contributed by atoms with Gasteiger partial charge in [0.1, 0.15) is 34.1 Å². The van der Waals surface area contributed by atoms with Crippen molar-refractivity contribution in [2.45, 2.75) is 41.5 Å². The molecule has 0 aliphatic rings. The average molecular weight is 1820 g/mol. The molecule has 13 aromatic heterocycles. The normalized spacial score (nSPS) is 10.8. The van der Waals surface area contributed by atoms with Gasteiger partial charge in [0.2, 0.25) is 0 Å². The summed E-state index contributed by atoms with van der Waals surface area (Å²) in [5, 5.41) is 30.3. The van der Waals surface area contributed by atoms with E-state index < -0.39 is 0 Å².